The predicted molar refractivity (Wildman–Crippen MR) is 119 cm³/mol. The fourth-order valence-electron chi connectivity index (χ4n) is 4.66. The van der Waals surface area contributed by atoms with Crippen LogP contribution in [0.15, 0.2) is 42.6 Å². The fourth-order valence-corrected chi connectivity index (χ4v) is 4.66. The van der Waals surface area contributed by atoms with Crippen molar-refractivity contribution in [2.24, 2.45) is 0 Å². The first-order chi connectivity index (χ1) is 14.2. The first kappa shape index (κ1) is 19.7. The highest BCUT2D eigenvalue weighted by Gasteiger charge is 2.25. The number of aromatic nitrogens is 2. The van der Waals surface area contributed by atoms with Gasteiger partial charge in [0.05, 0.1) is 11.4 Å². The third-order valence-corrected chi connectivity index (χ3v) is 6.22. The molecule has 1 N–H and O–H groups in total. The fraction of sp³-hybridized carbons (Fsp3) is 0.440. The zero-order chi connectivity index (χ0) is 20.2. The topological polar surface area (TPSA) is 49.0 Å². The Bertz CT molecular complexity index is 976. The summed E-state index contributed by atoms with van der Waals surface area (Å²) in [5.41, 5.74) is 5.72. The van der Waals surface area contributed by atoms with Gasteiger partial charge in [0.25, 0.3) is 0 Å². The first-order valence-electron chi connectivity index (χ1n) is 11.0. The summed E-state index contributed by atoms with van der Waals surface area (Å²) in [6.45, 7) is 5.26. The van der Waals surface area contributed by atoms with Crippen molar-refractivity contribution in [2.75, 3.05) is 6.54 Å². The summed E-state index contributed by atoms with van der Waals surface area (Å²) in [6, 6.07) is 13.0. The van der Waals surface area contributed by atoms with E-state index in [0.29, 0.717) is 18.4 Å². The van der Waals surface area contributed by atoms with Gasteiger partial charge in [-0.1, -0.05) is 24.6 Å². The Balaban J connectivity index is 1.54. The molecule has 1 fully saturated rings. The molecule has 4 nitrogen and oxygen atoms in total. The lowest BCUT2D eigenvalue weighted by Crippen LogP contribution is -2.43. The minimum atomic E-state index is 0.326. The van der Waals surface area contributed by atoms with E-state index in [4.69, 9.17) is 0 Å². The van der Waals surface area contributed by atoms with E-state index in [2.05, 4.69) is 46.9 Å². The van der Waals surface area contributed by atoms with E-state index in [9.17, 15) is 4.79 Å². The molecule has 2 aromatic heterocycles. The highest BCUT2D eigenvalue weighted by molar-refractivity contribution is 5.90. The van der Waals surface area contributed by atoms with Crippen LogP contribution in [0.4, 0.5) is 0 Å². The van der Waals surface area contributed by atoms with Gasteiger partial charge in [0.1, 0.15) is 0 Å². The second kappa shape index (κ2) is 8.81. The standard InChI is InChI=1S/C25H31N3O/c1-3-19-9-5-7-16-28(19)24(29)12-8-10-20-21-17-18(2)13-14-22(21)27-25(20)23-11-4-6-15-26-23/h4,6,11,13-15,17,19,27H,3,5,7-10,12,16H2,1-2H3. The second-order valence-electron chi connectivity index (χ2n) is 8.24. The van der Waals surface area contributed by atoms with Crippen LogP contribution in [-0.4, -0.2) is 33.4 Å². The number of benzene rings is 1. The minimum Gasteiger partial charge on any atom is -0.353 e. The second-order valence-corrected chi connectivity index (χ2v) is 8.24. The molecule has 1 aliphatic heterocycles. The van der Waals surface area contributed by atoms with E-state index in [-0.39, 0.29) is 0 Å². The van der Waals surface area contributed by atoms with E-state index in [1.165, 1.54) is 22.9 Å². The molecule has 29 heavy (non-hydrogen) atoms. The van der Waals surface area contributed by atoms with Gasteiger partial charge in [0.15, 0.2) is 0 Å². The van der Waals surface area contributed by atoms with E-state index in [1.807, 2.05) is 24.4 Å². The molecule has 1 amide bonds. The molecule has 4 heteroatoms. The highest BCUT2D eigenvalue weighted by atomic mass is 16.2. The van der Waals surface area contributed by atoms with E-state index in [1.54, 1.807) is 0 Å². The molecule has 1 aromatic carbocycles. The molecule has 0 bridgehead atoms. The molecule has 0 radical (unpaired) electrons. The number of aromatic amines is 1. The summed E-state index contributed by atoms with van der Waals surface area (Å²) in [6.07, 6.45) is 8.83. The van der Waals surface area contributed by atoms with Gasteiger partial charge in [0.2, 0.25) is 5.91 Å². The maximum absolute atomic E-state index is 12.9. The molecule has 1 atom stereocenters. The van der Waals surface area contributed by atoms with Crippen molar-refractivity contribution in [3.05, 3.63) is 53.7 Å². The number of pyridine rings is 1. The summed E-state index contributed by atoms with van der Waals surface area (Å²) in [5, 5.41) is 1.25. The Hall–Kier alpha value is -2.62. The Labute approximate surface area is 173 Å². The van der Waals surface area contributed by atoms with Crippen molar-refractivity contribution in [1.29, 1.82) is 0 Å². The Kier molecular flexibility index (Phi) is 5.98. The molecule has 152 valence electrons. The van der Waals surface area contributed by atoms with Crippen molar-refractivity contribution in [3.8, 4) is 11.4 Å². The number of hydrogen-bond donors (Lipinski definition) is 1. The normalized spacial score (nSPS) is 17.0. The van der Waals surface area contributed by atoms with Crippen LogP contribution in [0.25, 0.3) is 22.3 Å². The number of piperidine rings is 1. The largest absolute Gasteiger partial charge is 0.353 e. The number of likely N-dealkylation sites (tertiary alicyclic amines) is 1. The summed E-state index contributed by atoms with van der Waals surface area (Å²) in [4.78, 5) is 23.1. The Morgan fingerprint density at radius 3 is 2.93 bits per heavy atom. The van der Waals surface area contributed by atoms with Crippen molar-refractivity contribution in [1.82, 2.24) is 14.9 Å². The number of nitrogens with zero attached hydrogens (tertiary/aromatic N) is 2. The van der Waals surface area contributed by atoms with Crippen LogP contribution in [0, 0.1) is 6.92 Å². The average molecular weight is 390 g/mol. The molecular formula is C25H31N3O. The van der Waals surface area contributed by atoms with Gasteiger partial charge in [-0.05, 0) is 75.3 Å². The zero-order valence-electron chi connectivity index (χ0n) is 17.6. The molecule has 1 unspecified atom stereocenters. The Morgan fingerprint density at radius 1 is 1.24 bits per heavy atom. The van der Waals surface area contributed by atoms with Crippen LogP contribution in [0.5, 0.6) is 0 Å². The van der Waals surface area contributed by atoms with Crippen molar-refractivity contribution >= 4 is 16.8 Å². The maximum atomic E-state index is 12.9. The van der Waals surface area contributed by atoms with Crippen LogP contribution in [0.3, 0.4) is 0 Å². The zero-order valence-corrected chi connectivity index (χ0v) is 17.6. The average Bonchev–Trinajstić information content (AvgIpc) is 3.12. The lowest BCUT2D eigenvalue weighted by Gasteiger charge is -2.35. The molecule has 4 rings (SSSR count). The number of hydrogen-bond acceptors (Lipinski definition) is 2. The molecular weight excluding hydrogens is 358 g/mol. The van der Waals surface area contributed by atoms with Gasteiger partial charge in [-0.3, -0.25) is 9.78 Å². The molecule has 3 aromatic rings. The smallest absolute Gasteiger partial charge is 0.222 e. The lowest BCUT2D eigenvalue weighted by molar-refractivity contribution is -0.135. The van der Waals surface area contributed by atoms with Crippen LogP contribution in [0.2, 0.25) is 0 Å². The van der Waals surface area contributed by atoms with E-state index < -0.39 is 0 Å². The molecule has 0 spiro atoms. The third-order valence-electron chi connectivity index (χ3n) is 6.22. The van der Waals surface area contributed by atoms with E-state index >= 15 is 0 Å². The third kappa shape index (κ3) is 4.21. The Morgan fingerprint density at radius 2 is 2.14 bits per heavy atom. The monoisotopic (exact) mass is 389 g/mol. The van der Waals surface area contributed by atoms with Crippen LogP contribution in [-0.2, 0) is 11.2 Å². The number of nitrogens with one attached hydrogen (secondary N) is 1. The van der Waals surface area contributed by atoms with Crippen LogP contribution < -0.4 is 0 Å². The number of carbonyl (C=O) groups is 1. The highest BCUT2D eigenvalue weighted by Crippen LogP contribution is 2.31. The van der Waals surface area contributed by atoms with E-state index in [0.717, 1.165) is 55.6 Å². The number of fused-ring (bicyclic) bond motifs is 1. The summed E-state index contributed by atoms with van der Waals surface area (Å²) in [5.74, 6) is 0.326. The SMILES string of the molecule is CCC1CCCCN1C(=O)CCCc1c(-c2ccccn2)[nH]c2ccc(C)cc12. The van der Waals surface area contributed by atoms with Gasteiger partial charge < -0.3 is 9.88 Å². The molecule has 1 aliphatic rings. The summed E-state index contributed by atoms with van der Waals surface area (Å²) < 4.78 is 0. The molecule has 3 heterocycles. The molecule has 1 saturated heterocycles. The van der Waals surface area contributed by atoms with Gasteiger partial charge in [-0.2, -0.15) is 0 Å². The van der Waals surface area contributed by atoms with Crippen LogP contribution >= 0.6 is 0 Å². The minimum absolute atomic E-state index is 0.326. The van der Waals surface area contributed by atoms with Gasteiger partial charge in [0, 0.05) is 36.1 Å². The number of rotatable bonds is 6. The summed E-state index contributed by atoms with van der Waals surface area (Å²) in [7, 11) is 0. The first-order valence-corrected chi connectivity index (χ1v) is 11.0. The van der Waals surface area contributed by atoms with Crippen molar-refractivity contribution in [3.63, 3.8) is 0 Å². The summed E-state index contributed by atoms with van der Waals surface area (Å²) >= 11 is 0. The number of carbonyl (C=O) groups excluding carboxylic acids is 1. The quantitative estimate of drug-likeness (QED) is 0.592. The molecule has 0 saturated carbocycles. The van der Waals surface area contributed by atoms with Gasteiger partial charge in [-0.15, -0.1) is 0 Å². The van der Waals surface area contributed by atoms with Gasteiger partial charge >= 0.3 is 0 Å². The number of amides is 1. The maximum Gasteiger partial charge on any atom is 0.222 e. The lowest BCUT2D eigenvalue weighted by atomic mass is 9.98. The number of aryl methyl sites for hydroxylation is 2. The van der Waals surface area contributed by atoms with Gasteiger partial charge in [-0.25, -0.2) is 0 Å². The number of H-pyrrole nitrogens is 1. The van der Waals surface area contributed by atoms with Crippen LogP contribution in [0.1, 0.15) is 56.6 Å². The van der Waals surface area contributed by atoms with Crippen molar-refractivity contribution in [2.45, 2.75) is 64.8 Å². The molecule has 0 aliphatic carbocycles. The predicted octanol–water partition coefficient (Wildman–Crippen LogP) is 5.65. The van der Waals surface area contributed by atoms with Crippen molar-refractivity contribution < 1.29 is 4.79 Å².